The Morgan fingerprint density at radius 1 is 1.29 bits per heavy atom. The molecule has 2 rings (SSSR count). The molecule has 2 nitrogen and oxygen atoms in total. The number of halogens is 1. The highest BCUT2D eigenvalue weighted by Gasteiger charge is 2.17. The lowest BCUT2D eigenvalue weighted by molar-refractivity contribution is 0.211. The fourth-order valence-corrected chi connectivity index (χ4v) is 1.99. The summed E-state index contributed by atoms with van der Waals surface area (Å²) in [7, 11) is 0. The molecule has 1 aromatic carbocycles. The van der Waals surface area contributed by atoms with Gasteiger partial charge < -0.3 is 10.5 Å². The van der Waals surface area contributed by atoms with Gasteiger partial charge in [0.2, 0.25) is 0 Å². The summed E-state index contributed by atoms with van der Waals surface area (Å²) in [6.07, 6.45) is 5.15. The van der Waals surface area contributed by atoms with E-state index in [2.05, 4.69) is 0 Å². The van der Waals surface area contributed by atoms with E-state index in [9.17, 15) is 0 Å². The monoisotopic (exact) mass is 211 g/mol. The lowest BCUT2D eigenvalue weighted by Gasteiger charge is -2.14. The second kappa shape index (κ2) is 4.09. The molecule has 1 aliphatic carbocycles. The zero-order valence-electron chi connectivity index (χ0n) is 8.00. The molecule has 76 valence electrons. The second-order valence-electron chi connectivity index (χ2n) is 3.71. The summed E-state index contributed by atoms with van der Waals surface area (Å²) >= 11 is 5.80. The molecule has 0 bridgehead atoms. The first-order valence-electron chi connectivity index (χ1n) is 4.97. The normalized spacial score (nSPS) is 17.2. The van der Waals surface area contributed by atoms with Gasteiger partial charge in [-0.2, -0.15) is 0 Å². The van der Waals surface area contributed by atoms with Crippen molar-refractivity contribution in [3.05, 3.63) is 23.2 Å². The third-order valence-corrected chi connectivity index (χ3v) is 2.80. The topological polar surface area (TPSA) is 35.2 Å². The Balaban J connectivity index is 2.08. The van der Waals surface area contributed by atoms with Crippen LogP contribution < -0.4 is 10.5 Å². The largest absolute Gasteiger partial charge is 0.488 e. The molecule has 0 unspecified atom stereocenters. The van der Waals surface area contributed by atoms with E-state index < -0.39 is 0 Å². The lowest BCUT2D eigenvalue weighted by atomic mass is 10.2. The molecule has 0 aromatic heterocycles. The molecule has 1 saturated carbocycles. The summed E-state index contributed by atoms with van der Waals surface area (Å²) in [5, 5.41) is 0.654. The molecule has 0 heterocycles. The maximum Gasteiger partial charge on any atom is 0.142 e. The van der Waals surface area contributed by atoms with Gasteiger partial charge in [-0.3, -0.25) is 0 Å². The smallest absolute Gasteiger partial charge is 0.142 e. The van der Waals surface area contributed by atoms with Gasteiger partial charge in [-0.15, -0.1) is 0 Å². The van der Waals surface area contributed by atoms with Crippen LogP contribution in [0.2, 0.25) is 5.02 Å². The summed E-state index contributed by atoms with van der Waals surface area (Å²) < 4.78 is 5.78. The van der Waals surface area contributed by atoms with Crippen molar-refractivity contribution >= 4 is 17.3 Å². The third kappa shape index (κ3) is 2.13. The maximum absolute atomic E-state index is 5.80. The summed E-state index contributed by atoms with van der Waals surface area (Å²) in [5.41, 5.74) is 6.42. The molecule has 0 amide bonds. The van der Waals surface area contributed by atoms with Gasteiger partial charge in [-0.25, -0.2) is 0 Å². The molecule has 0 radical (unpaired) electrons. The molecule has 1 fully saturated rings. The van der Waals surface area contributed by atoms with Crippen molar-refractivity contribution in [2.75, 3.05) is 5.73 Å². The van der Waals surface area contributed by atoms with E-state index >= 15 is 0 Å². The number of anilines is 1. The van der Waals surface area contributed by atoms with Gasteiger partial charge >= 0.3 is 0 Å². The van der Waals surface area contributed by atoms with Gasteiger partial charge in [0, 0.05) is 5.02 Å². The SMILES string of the molecule is Nc1cc(Cl)ccc1OC1CCCC1. The van der Waals surface area contributed by atoms with Crippen LogP contribution in [0, 0.1) is 0 Å². The molecule has 0 saturated heterocycles. The highest BCUT2D eigenvalue weighted by Crippen LogP contribution is 2.29. The summed E-state index contributed by atoms with van der Waals surface area (Å²) in [6, 6.07) is 5.38. The van der Waals surface area contributed by atoms with E-state index in [-0.39, 0.29) is 0 Å². The van der Waals surface area contributed by atoms with E-state index in [0.29, 0.717) is 16.8 Å². The van der Waals surface area contributed by atoms with Gasteiger partial charge in [0.25, 0.3) is 0 Å². The van der Waals surface area contributed by atoms with Crippen LogP contribution in [-0.4, -0.2) is 6.10 Å². The van der Waals surface area contributed by atoms with Crippen LogP contribution in [0.25, 0.3) is 0 Å². The van der Waals surface area contributed by atoms with E-state index in [1.165, 1.54) is 12.8 Å². The van der Waals surface area contributed by atoms with Crippen molar-refractivity contribution in [3.63, 3.8) is 0 Å². The van der Waals surface area contributed by atoms with Crippen LogP contribution in [0.3, 0.4) is 0 Å². The zero-order chi connectivity index (χ0) is 9.97. The van der Waals surface area contributed by atoms with Crippen LogP contribution in [0.5, 0.6) is 5.75 Å². The number of benzene rings is 1. The minimum atomic E-state index is 0.346. The number of hydrogen-bond acceptors (Lipinski definition) is 2. The molecule has 0 aliphatic heterocycles. The fourth-order valence-electron chi connectivity index (χ4n) is 1.81. The molecular formula is C11H14ClNO. The second-order valence-corrected chi connectivity index (χ2v) is 4.14. The van der Waals surface area contributed by atoms with Gasteiger partial charge in [-0.1, -0.05) is 11.6 Å². The Morgan fingerprint density at radius 3 is 2.64 bits per heavy atom. The molecule has 1 aromatic rings. The fraction of sp³-hybridized carbons (Fsp3) is 0.455. The van der Waals surface area contributed by atoms with E-state index in [0.717, 1.165) is 18.6 Å². The Bertz CT molecular complexity index is 321. The van der Waals surface area contributed by atoms with Crippen molar-refractivity contribution in [2.45, 2.75) is 31.8 Å². The molecule has 0 atom stereocenters. The van der Waals surface area contributed by atoms with E-state index in [1.54, 1.807) is 6.07 Å². The summed E-state index contributed by atoms with van der Waals surface area (Å²) in [6.45, 7) is 0. The van der Waals surface area contributed by atoms with E-state index in [4.69, 9.17) is 22.1 Å². The van der Waals surface area contributed by atoms with Crippen LogP contribution in [0.1, 0.15) is 25.7 Å². The lowest BCUT2D eigenvalue weighted by Crippen LogP contribution is -2.11. The molecule has 2 N–H and O–H groups in total. The maximum atomic E-state index is 5.80. The predicted octanol–water partition coefficient (Wildman–Crippen LogP) is 3.24. The molecule has 0 spiro atoms. The van der Waals surface area contributed by atoms with Gasteiger partial charge in [0.15, 0.2) is 0 Å². The first-order chi connectivity index (χ1) is 6.75. The van der Waals surface area contributed by atoms with Crippen molar-refractivity contribution in [1.29, 1.82) is 0 Å². The minimum Gasteiger partial charge on any atom is -0.488 e. The molecular weight excluding hydrogens is 198 g/mol. The van der Waals surface area contributed by atoms with Gasteiger partial charge in [0.1, 0.15) is 5.75 Å². The van der Waals surface area contributed by atoms with Crippen molar-refractivity contribution in [1.82, 2.24) is 0 Å². The highest BCUT2D eigenvalue weighted by molar-refractivity contribution is 6.30. The van der Waals surface area contributed by atoms with Gasteiger partial charge in [0.05, 0.1) is 11.8 Å². The first-order valence-corrected chi connectivity index (χ1v) is 5.35. The Morgan fingerprint density at radius 2 is 2.00 bits per heavy atom. The van der Waals surface area contributed by atoms with Crippen LogP contribution in [0.4, 0.5) is 5.69 Å². The quantitative estimate of drug-likeness (QED) is 0.763. The van der Waals surface area contributed by atoms with Crippen molar-refractivity contribution in [2.24, 2.45) is 0 Å². The van der Waals surface area contributed by atoms with Crippen molar-refractivity contribution < 1.29 is 4.74 Å². The number of nitrogen functional groups attached to an aromatic ring is 1. The van der Waals surface area contributed by atoms with E-state index in [1.807, 2.05) is 12.1 Å². The predicted molar refractivity (Wildman–Crippen MR) is 58.7 cm³/mol. The molecule has 3 heteroatoms. The number of hydrogen-bond donors (Lipinski definition) is 1. The number of ether oxygens (including phenoxy) is 1. The average molecular weight is 212 g/mol. The third-order valence-electron chi connectivity index (χ3n) is 2.57. The minimum absolute atomic E-state index is 0.346. The number of rotatable bonds is 2. The van der Waals surface area contributed by atoms with Gasteiger partial charge in [-0.05, 0) is 43.9 Å². The standard InChI is InChI=1S/C11H14ClNO/c12-8-5-6-11(10(13)7-8)14-9-3-1-2-4-9/h5-7,9H,1-4,13H2. The molecule has 14 heavy (non-hydrogen) atoms. The van der Waals surface area contributed by atoms with Crippen LogP contribution in [0.15, 0.2) is 18.2 Å². The summed E-state index contributed by atoms with van der Waals surface area (Å²) in [4.78, 5) is 0. The average Bonchev–Trinajstić information content (AvgIpc) is 2.62. The first kappa shape index (κ1) is 9.66. The molecule has 1 aliphatic rings. The Kier molecular flexibility index (Phi) is 2.82. The summed E-state index contributed by atoms with van der Waals surface area (Å²) in [5.74, 6) is 0.765. The highest BCUT2D eigenvalue weighted by atomic mass is 35.5. The zero-order valence-corrected chi connectivity index (χ0v) is 8.76. The van der Waals surface area contributed by atoms with Crippen LogP contribution >= 0.6 is 11.6 Å². The van der Waals surface area contributed by atoms with Crippen LogP contribution in [-0.2, 0) is 0 Å². The number of nitrogens with two attached hydrogens (primary N) is 1. The Hall–Kier alpha value is -0.890. The van der Waals surface area contributed by atoms with Crippen molar-refractivity contribution in [3.8, 4) is 5.75 Å². The Labute approximate surface area is 89.0 Å².